The van der Waals surface area contributed by atoms with Gasteiger partial charge < -0.3 is 11.1 Å². The molecule has 0 saturated heterocycles. The van der Waals surface area contributed by atoms with Crippen molar-refractivity contribution in [2.24, 2.45) is 10.7 Å². The number of aliphatic imine (C=N–C) groups is 1. The van der Waals surface area contributed by atoms with Gasteiger partial charge in [0.2, 0.25) is 0 Å². The third-order valence-electron chi connectivity index (χ3n) is 2.41. The quantitative estimate of drug-likeness (QED) is 0.261. The lowest BCUT2D eigenvalue weighted by Crippen LogP contribution is -2.38. The van der Waals surface area contributed by atoms with Crippen LogP contribution in [0, 0.1) is 12.3 Å². The fourth-order valence-corrected chi connectivity index (χ4v) is 2.17. The molecule has 0 heterocycles. The molecule has 0 bridgehead atoms. The summed E-state index contributed by atoms with van der Waals surface area (Å²) in [6, 6.07) is 0.548. The average Bonchev–Trinajstić information content (AvgIpc) is 2.70. The molecule has 1 aliphatic carbocycles. The summed E-state index contributed by atoms with van der Waals surface area (Å²) in [5.41, 5.74) is 5.76. The highest BCUT2D eigenvalue weighted by molar-refractivity contribution is 14.0. The Morgan fingerprint density at radius 2 is 2.19 bits per heavy atom. The lowest BCUT2D eigenvalue weighted by atomic mass is 10.3. The van der Waals surface area contributed by atoms with Crippen molar-refractivity contribution < 1.29 is 0 Å². The van der Waals surface area contributed by atoms with E-state index in [1.165, 1.54) is 25.7 Å². The maximum Gasteiger partial charge on any atom is 0.188 e. The van der Waals surface area contributed by atoms with Crippen LogP contribution in [0.2, 0.25) is 0 Å². The van der Waals surface area contributed by atoms with Crippen LogP contribution >= 0.6 is 35.7 Å². The van der Waals surface area contributed by atoms with Crippen LogP contribution in [0.15, 0.2) is 4.99 Å². The van der Waals surface area contributed by atoms with E-state index in [-0.39, 0.29) is 24.0 Å². The maximum absolute atomic E-state index is 5.76. The van der Waals surface area contributed by atoms with Gasteiger partial charge >= 0.3 is 0 Å². The van der Waals surface area contributed by atoms with Crippen molar-refractivity contribution in [1.82, 2.24) is 5.32 Å². The summed E-state index contributed by atoms with van der Waals surface area (Å²) in [5, 5.41) is 3.25. The number of nitrogens with two attached hydrogens (primary N) is 1. The van der Waals surface area contributed by atoms with Gasteiger partial charge in [0.25, 0.3) is 0 Å². The number of nitrogens with zero attached hydrogens (tertiary/aromatic N) is 1. The van der Waals surface area contributed by atoms with Gasteiger partial charge in [0.05, 0.1) is 12.3 Å². The molecule has 1 rings (SSSR count). The third kappa shape index (κ3) is 7.23. The van der Waals surface area contributed by atoms with Crippen molar-refractivity contribution >= 4 is 41.7 Å². The number of hydrogen-bond donors (Lipinski definition) is 2. The van der Waals surface area contributed by atoms with Gasteiger partial charge in [0.1, 0.15) is 0 Å². The van der Waals surface area contributed by atoms with Crippen LogP contribution in [0.5, 0.6) is 0 Å². The first kappa shape index (κ1) is 15.9. The monoisotopic (exact) mass is 353 g/mol. The van der Waals surface area contributed by atoms with Gasteiger partial charge in [-0.15, -0.1) is 42.2 Å². The Kier molecular flexibility index (Phi) is 10.0. The predicted molar refractivity (Wildman–Crippen MR) is 83.5 cm³/mol. The van der Waals surface area contributed by atoms with Gasteiger partial charge in [-0.2, -0.15) is 0 Å². The summed E-state index contributed by atoms with van der Waals surface area (Å²) < 4.78 is 0. The molecule has 0 amide bonds. The SMILES string of the molecule is C#CCSCCN=C(N)NC1CCCC1.I. The van der Waals surface area contributed by atoms with E-state index in [1.54, 1.807) is 11.8 Å². The molecular formula is C11H20IN3S. The molecule has 0 spiro atoms. The van der Waals surface area contributed by atoms with Gasteiger partial charge in [-0.25, -0.2) is 0 Å². The van der Waals surface area contributed by atoms with E-state index in [9.17, 15) is 0 Å². The van der Waals surface area contributed by atoms with Crippen molar-refractivity contribution in [2.75, 3.05) is 18.1 Å². The largest absolute Gasteiger partial charge is 0.370 e. The van der Waals surface area contributed by atoms with E-state index < -0.39 is 0 Å². The van der Waals surface area contributed by atoms with Crippen LogP contribution in [0.4, 0.5) is 0 Å². The van der Waals surface area contributed by atoms with Gasteiger partial charge in [0, 0.05) is 11.8 Å². The standard InChI is InChI=1S/C11H19N3S.HI/c1-2-8-15-9-7-13-11(12)14-10-5-3-4-6-10;/h1,10H,3-9H2,(H3,12,13,14);1H. The molecule has 3 N–H and O–H groups in total. The fraction of sp³-hybridized carbons (Fsp3) is 0.727. The van der Waals surface area contributed by atoms with Crippen molar-refractivity contribution in [3.05, 3.63) is 0 Å². The summed E-state index contributed by atoms with van der Waals surface area (Å²) in [5.74, 6) is 4.87. The Morgan fingerprint density at radius 3 is 2.81 bits per heavy atom. The molecule has 16 heavy (non-hydrogen) atoms. The maximum atomic E-state index is 5.76. The first-order chi connectivity index (χ1) is 7.33. The van der Waals surface area contributed by atoms with Crippen molar-refractivity contribution in [1.29, 1.82) is 0 Å². The zero-order valence-corrected chi connectivity index (χ0v) is 12.6. The molecule has 0 atom stereocenters. The minimum atomic E-state index is 0. The second-order valence-electron chi connectivity index (χ2n) is 3.65. The normalized spacial score (nSPS) is 16.6. The summed E-state index contributed by atoms with van der Waals surface area (Å²) in [6.07, 6.45) is 10.2. The molecular weight excluding hydrogens is 333 g/mol. The van der Waals surface area contributed by atoms with Gasteiger partial charge in [0.15, 0.2) is 5.96 Å². The van der Waals surface area contributed by atoms with Crippen LogP contribution < -0.4 is 11.1 Å². The molecule has 1 fully saturated rings. The number of halogens is 1. The summed E-state index contributed by atoms with van der Waals surface area (Å²) >= 11 is 1.71. The highest BCUT2D eigenvalue weighted by atomic mass is 127. The molecule has 0 aromatic carbocycles. The minimum Gasteiger partial charge on any atom is -0.370 e. The van der Waals surface area contributed by atoms with Crippen LogP contribution in [0.25, 0.3) is 0 Å². The van der Waals surface area contributed by atoms with Gasteiger partial charge in [-0.1, -0.05) is 18.8 Å². The topological polar surface area (TPSA) is 50.4 Å². The molecule has 5 heteroatoms. The van der Waals surface area contributed by atoms with Gasteiger partial charge in [-0.3, -0.25) is 4.99 Å². The molecule has 1 aliphatic rings. The number of rotatable bonds is 5. The molecule has 0 unspecified atom stereocenters. The fourth-order valence-electron chi connectivity index (χ4n) is 1.69. The summed E-state index contributed by atoms with van der Waals surface area (Å²) in [7, 11) is 0. The molecule has 1 saturated carbocycles. The molecule has 0 aromatic rings. The van der Waals surface area contributed by atoms with Gasteiger partial charge in [-0.05, 0) is 12.8 Å². The van der Waals surface area contributed by atoms with Crippen molar-refractivity contribution in [2.45, 2.75) is 31.7 Å². The Balaban J connectivity index is 0.00000225. The Morgan fingerprint density at radius 1 is 1.50 bits per heavy atom. The molecule has 92 valence electrons. The highest BCUT2D eigenvalue weighted by Gasteiger charge is 2.14. The zero-order valence-electron chi connectivity index (χ0n) is 9.45. The molecule has 0 aromatic heterocycles. The molecule has 0 radical (unpaired) electrons. The average molecular weight is 353 g/mol. The number of hydrogen-bond acceptors (Lipinski definition) is 2. The van der Waals surface area contributed by atoms with E-state index in [0.29, 0.717) is 12.0 Å². The lowest BCUT2D eigenvalue weighted by Gasteiger charge is -2.11. The number of nitrogens with one attached hydrogen (secondary N) is 1. The van der Waals surface area contributed by atoms with E-state index in [2.05, 4.69) is 16.2 Å². The summed E-state index contributed by atoms with van der Waals surface area (Å²) in [4.78, 5) is 4.25. The first-order valence-electron chi connectivity index (χ1n) is 5.40. The predicted octanol–water partition coefficient (Wildman–Crippen LogP) is 1.82. The van der Waals surface area contributed by atoms with Crippen molar-refractivity contribution in [3.63, 3.8) is 0 Å². The number of guanidine groups is 1. The molecule has 3 nitrogen and oxygen atoms in total. The van der Waals surface area contributed by atoms with Crippen LogP contribution in [-0.4, -0.2) is 30.1 Å². The van der Waals surface area contributed by atoms with Crippen LogP contribution in [-0.2, 0) is 0 Å². The third-order valence-corrected chi connectivity index (χ3v) is 3.25. The van der Waals surface area contributed by atoms with E-state index in [1.807, 2.05) is 0 Å². The lowest BCUT2D eigenvalue weighted by molar-refractivity contribution is 0.626. The van der Waals surface area contributed by atoms with E-state index in [0.717, 1.165) is 18.1 Å². The second kappa shape index (κ2) is 10.1. The van der Waals surface area contributed by atoms with Crippen LogP contribution in [0.1, 0.15) is 25.7 Å². The minimum absolute atomic E-state index is 0. The van der Waals surface area contributed by atoms with E-state index in [4.69, 9.17) is 12.2 Å². The van der Waals surface area contributed by atoms with Crippen molar-refractivity contribution in [3.8, 4) is 12.3 Å². The zero-order chi connectivity index (χ0) is 10.9. The van der Waals surface area contributed by atoms with E-state index >= 15 is 0 Å². The first-order valence-corrected chi connectivity index (χ1v) is 6.56. The second-order valence-corrected chi connectivity index (χ2v) is 4.75. The summed E-state index contributed by atoms with van der Waals surface area (Å²) in [6.45, 7) is 0.748. The Hall–Kier alpha value is -0.0900. The smallest absolute Gasteiger partial charge is 0.188 e. The number of terminal acetylenes is 1. The highest BCUT2D eigenvalue weighted by Crippen LogP contribution is 2.17. The molecule has 0 aliphatic heterocycles. The number of thioether (sulfide) groups is 1. The van der Waals surface area contributed by atoms with Crippen LogP contribution in [0.3, 0.4) is 0 Å². The Bertz CT molecular complexity index is 244. The Labute approximate surface area is 119 Å².